The van der Waals surface area contributed by atoms with Crippen molar-refractivity contribution in [2.24, 2.45) is 0 Å². The van der Waals surface area contributed by atoms with E-state index in [-0.39, 0.29) is 42.3 Å². The van der Waals surface area contributed by atoms with Gasteiger partial charge >= 0.3 is 5.97 Å². The maximum Gasteiger partial charge on any atom is 0.362 e. The number of amides is 1. The van der Waals surface area contributed by atoms with Gasteiger partial charge in [0.05, 0.1) is 23.4 Å². The van der Waals surface area contributed by atoms with Gasteiger partial charge in [0.25, 0.3) is 11.6 Å². The van der Waals surface area contributed by atoms with Gasteiger partial charge in [-0.15, -0.1) is 0 Å². The van der Waals surface area contributed by atoms with E-state index in [2.05, 4.69) is 17.3 Å². The molecule has 2 rings (SSSR count). The van der Waals surface area contributed by atoms with E-state index in [0.29, 0.717) is 5.69 Å². The summed E-state index contributed by atoms with van der Waals surface area (Å²) in [5, 5.41) is 17.9. The summed E-state index contributed by atoms with van der Waals surface area (Å²) < 4.78 is 11.9. The Hall–Kier alpha value is -3.43. The van der Waals surface area contributed by atoms with Gasteiger partial charge in [0, 0.05) is 18.2 Å². The lowest BCUT2D eigenvalue weighted by atomic mass is 10.1. The van der Waals surface area contributed by atoms with Gasteiger partial charge in [0.2, 0.25) is 5.69 Å². The number of unbranched alkanes of at least 4 members (excludes halogenated alkanes) is 2. The molecule has 168 valence electrons. The van der Waals surface area contributed by atoms with Crippen molar-refractivity contribution in [3.63, 3.8) is 0 Å². The molecule has 10 heteroatoms. The minimum atomic E-state index is -0.688. The van der Waals surface area contributed by atoms with Gasteiger partial charge in [-0.1, -0.05) is 26.2 Å². The first-order chi connectivity index (χ1) is 14.8. The summed E-state index contributed by atoms with van der Waals surface area (Å²) in [6.07, 6.45) is 5.57. The maximum atomic E-state index is 12.3. The molecule has 1 N–H and O–H groups in total. The number of nitro benzene ring substituents is 1. The highest BCUT2D eigenvalue weighted by molar-refractivity contribution is 5.90. The van der Waals surface area contributed by atoms with Crippen molar-refractivity contribution in [2.45, 2.75) is 52.5 Å². The molecule has 0 aliphatic carbocycles. The van der Waals surface area contributed by atoms with Crippen LogP contribution >= 0.6 is 0 Å². The number of carbonyl (C=O) groups is 2. The van der Waals surface area contributed by atoms with Gasteiger partial charge in [0.15, 0.2) is 12.4 Å². The molecule has 10 nitrogen and oxygen atoms in total. The van der Waals surface area contributed by atoms with Crippen LogP contribution in [-0.4, -0.2) is 45.8 Å². The first kappa shape index (κ1) is 23.8. The Balaban J connectivity index is 2.11. The molecule has 1 heterocycles. The third-order valence-corrected chi connectivity index (χ3v) is 4.48. The lowest BCUT2D eigenvalue weighted by Gasteiger charge is -2.13. The number of hydrogen-bond acceptors (Lipinski definition) is 7. The SMILES string of the molecule is CCCCCC(C)NC(=O)COc1cn(-c2ccc([N+](=O)[O-])cc2)nc1C(=O)OCC. The average Bonchev–Trinajstić information content (AvgIpc) is 3.17. The van der Waals surface area contributed by atoms with Crippen molar-refractivity contribution in [1.29, 1.82) is 0 Å². The molecular formula is C21H28N4O6. The van der Waals surface area contributed by atoms with Gasteiger partial charge in [0.1, 0.15) is 0 Å². The van der Waals surface area contributed by atoms with E-state index >= 15 is 0 Å². The quantitative estimate of drug-likeness (QED) is 0.236. The molecule has 2 aromatic rings. The zero-order valence-corrected chi connectivity index (χ0v) is 18.0. The standard InChI is InChI=1S/C21H28N4O6/c1-4-6-7-8-15(3)22-19(26)14-31-18-13-24(23-20(18)21(27)30-5-2)16-9-11-17(12-10-16)25(28)29/h9-13,15H,4-8,14H2,1-3H3,(H,22,26). The molecule has 1 unspecified atom stereocenters. The average molecular weight is 432 g/mol. The fourth-order valence-electron chi connectivity index (χ4n) is 2.90. The molecule has 0 radical (unpaired) electrons. The van der Waals surface area contributed by atoms with Crippen LogP contribution in [0.3, 0.4) is 0 Å². The Morgan fingerprint density at radius 2 is 1.94 bits per heavy atom. The van der Waals surface area contributed by atoms with Gasteiger partial charge in [-0.25, -0.2) is 9.48 Å². The lowest BCUT2D eigenvalue weighted by Crippen LogP contribution is -2.36. The number of nitrogens with zero attached hydrogens (tertiary/aromatic N) is 3. The first-order valence-corrected chi connectivity index (χ1v) is 10.3. The molecule has 0 fully saturated rings. The third-order valence-electron chi connectivity index (χ3n) is 4.48. The fraction of sp³-hybridized carbons (Fsp3) is 0.476. The largest absolute Gasteiger partial charge is 0.480 e. The van der Waals surface area contributed by atoms with Gasteiger partial charge in [-0.3, -0.25) is 14.9 Å². The zero-order valence-electron chi connectivity index (χ0n) is 18.0. The number of hydrogen-bond donors (Lipinski definition) is 1. The van der Waals surface area contributed by atoms with Crippen molar-refractivity contribution >= 4 is 17.6 Å². The highest BCUT2D eigenvalue weighted by atomic mass is 16.6. The predicted molar refractivity (Wildman–Crippen MR) is 113 cm³/mol. The molecule has 0 aliphatic heterocycles. The van der Waals surface area contributed by atoms with Crippen LogP contribution in [0, 0.1) is 10.1 Å². The maximum absolute atomic E-state index is 12.3. The number of non-ortho nitro benzene ring substituents is 1. The van der Waals surface area contributed by atoms with E-state index in [1.54, 1.807) is 6.92 Å². The second kappa shape index (κ2) is 11.7. The van der Waals surface area contributed by atoms with Crippen LogP contribution in [-0.2, 0) is 9.53 Å². The molecule has 31 heavy (non-hydrogen) atoms. The van der Waals surface area contributed by atoms with E-state index < -0.39 is 10.9 Å². The number of nitro groups is 1. The normalized spacial score (nSPS) is 11.6. The van der Waals surface area contributed by atoms with E-state index in [1.807, 2.05) is 6.92 Å². The van der Waals surface area contributed by atoms with Crippen molar-refractivity contribution < 1.29 is 24.0 Å². The van der Waals surface area contributed by atoms with Crippen molar-refractivity contribution in [1.82, 2.24) is 15.1 Å². The zero-order chi connectivity index (χ0) is 22.8. The van der Waals surface area contributed by atoms with Gasteiger partial charge < -0.3 is 14.8 Å². The number of benzene rings is 1. The Bertz CT molecular complexity index is 894. The Labute approximate surface area is 180 Å². The van der Waals surface area contributed by atoms with Crippen molar-refractivity contribution in [2.75, 3.05) is 13.2 Å². The fourth-order valence-corrected chi connectivity index (χ4v) is 2.90. The first-order valence-electron chi connectivity index (χ1n) is 10.3. The van der Waals surface area contributed by atoms with Gasteiger partial charge in [-0.05, 0) is 32.4 Å². The smallest absolute Gasteiger partial charge is 0.362 e. The number of carbonyl (C=O) groups excluding carboxylic acids is 2. The van der Waals surface area contributed by atoms with Crippen LogP contribution in [0.4, 0.5) is 5.69 Å². The second-order valence-electron chi connectivity index (χ2n) is 7.03. The van der Waals surface area contributed by atoms with E-state index in [0.717, 1.165) is 25.7 Å². The minimum Gasteiger partial charge on any atom is -0.480 e. The van der Waals surface area contributed by atoms with Gasteiger partial charge in [-0.2, -0.15) is 5.10 Å². The molecule has 1 aromatic heterocycles. The molecule has 1 amide bonds. The molecule has 0 bridgehead atoms. The van der Waals surface area contributed by atoms with Crippen LogP contribution in [0.5, 0.6) is 5.75 Å². The second-order valence-corrected chi connectivity index (χ2v) is 7.03. The Morgan fingerprint density at radius 3 is 2.55 bits per heavy atom. The predicted octanol–water partition coefficient (Wildman–Crippen LogP) is 3.42. The highest BCUT2D eigenvalue weighted by Gasteiger charge is 2.21. The molecule has 0 saturated heterocycles. The summed E-state index contributed by atoms with van der Waals surface area (Å²) in [5.41, 5.74) is 0.340. The summed E-state index contributed by atoms with van der Waals surface area (Å²) in [6.45, 7) is 5.59. The number of rotatable bonds is 12. The molecule has 1 aromatic carbocycles. The monoisotopic (exact) mass is 432 g/mol. The molecular weight excluding hydrogens is 404 g/mol. The minimum absolute atomic E-state index is 0.0232. The highest BCUT2D eigenvalue weighted by Crippen LogP contribution is 2.22. The topological polar surface area (TPSA) is 126 Å². The van der Waals surface area contributed by atoms with Crippen LogP contribution < -0.4 is 10.1 Å². The number of nitrogens with one attached hydrogen (secondary N) is 1. The summed E-state index contributed by atoms with van der Waals surface area (Å²) in [6, 6.07) is 5.67. The summed E-state index contributed by atoms with van der Waals surface area (Å²) in [7, 11) is 0. The Kier molecular flexibility index (Phi) is 8.98. The van der Waals surface area contributed by atoms with E-state index in [1.165, 1.54) is 35.1 Å². The van der Waals surface area contributed by atoms with Crippen LogP contribution in [0.2, 0.25) is 0 Å². The number of esters is 1. The Morgan fingerprint density at radius 1 is 1.23 bits per heavy atom. The van der Waals surface area contributed by atoms with E-state index in [9.17, 15) is 19.7 Å². The molecule has 1 atom stereocenters. The third kappa shape index (κ3) is 7.09. The van der Waals surface area contributed by atoms with Crippen molar-refractivity contribution in [3.05, 3.63) is 46.3 Å². The van der Waals surface area contributed by atoms with Crippen LogP contribution in [0.1, 0.15) is 56.9 Å². The molecule has 0 spiro atoms. The summed E-state index contributed by atoms with van der Waals surface area (Å²) in [4.78, 5) is 34.8. The summed E-state index contributed by atoms with van der Waals surface area (Å²) in [5.74, 6) is -0.904. The summed E-state index contributed by atoms with van der Waals surface area (Å²) >= 11 is 0. The number of aromatic nitrogens is 2. The van der Waals surface area contributed by atoms with Crippen molar-refractivity contribution in [3.8, 4) is 11.4 Å². The van der Waals surface area contributed by atoms with E-state index in [4.69, 9.17) is 9.47 Å². The van der Waals surface area contributed by atoms with Crippen LogP contribution in [0.25, 0.3) is 5.69 Å². The van der Waals surface area contributed by atoms with Crippen LogP contribution in [0.15, 0.2) is 30.5 Å². The lowest BCUT2D eigenvalue weighted by molar-refractivity contribution is -0.384. The number of ether oxygens (including phenoxy) is 2. The molecule has 0 saturated carbocycles. The molecule has 0 aliphatic rings.